The molecule has 0 radical (unpaired) electrons. The first-order chi connectivity index (χ1) is 9.67. The Labute approximate surface area is 121 Å². The van der Waals surface area contributed by atoms with Crippen molar-refractivity contribution >= 4 is 23.6 Å². The van der Waals surface area contributed by atoms with E-state index in [1.165, 1.54) is 11.8 Å². The molecule has 2 rings (SSSR count). The maximum Gasteiger partial charge on any atom is 0.231 e. The second-order valence-corrected chi connectivity index (χ2v) is 5.31. The van der Waals surface area contributed by atoms with Crippen LogP contribution in [0.4, 0.5) is 5.95 Å². The van der Waals surface area contributed by atoms with E-state index < -0.39 is 0 Å². The van der Waals surface area contributed by atoms with Crippen LogP contribution in [0, 0.1) is 6.92 Å². The van der Waals surface area contributed by atoms with Crippen molar-refractivity contribution in [2.75, 3.05) is 17.7 Å². The minimum atomic E-state index is -0.149. The summed E-state index contributed by atoms with van der Waals surface area (Å²) in [4.78, 5) is 15.9. The lowest BCUT2D eigenvalue weighted by molar-refractivity contribution is -0.115. The largest absolute Gasteiger partial charge is 0.396 e. The third-order valence-corrected chi connectivity index (χ3v) is 3.36. The summed E-state index contributed by atoms with van der Waals surface area (Å²) in [5, 5.41) is 18.4. The fourth-order valence-electron chi connectivity index (χ4n) is 1.57. The number of aryl methyl sites for hydroxylation is 1. The molecule has 20 heavy (non-hydrogen) atoms. The van der Waals surface area contributed by atoms with Gasteiger partial charge in [0, 0.05) is 5.75 Å². The van der Waals surface area contributed by atoms with E-state index in [4.69, 9.17) is 5.11 Å². The van der Waals surface area contributed by atoms with E-state index in [0.29, 0.717) is 23.3 Å². The normalized spacial score (nSPS) is 10.5. The summed E-state index contributed by atoms with van der Waals surface area (Å²) in [5.41, 5.74) is 2.11. The van der Waals surface area contributed by atoms with Crippen LogP contribution in [0.5, 0.6) is 0 Å². The number of nitrogens with one attached hydrogen (secondary N) is 2. The van der Waals surface area contributed by atoms with Crippen LogP contribution in [-0.2, 0) is 11.2 Å². The van der Waals surface area contributed by atoms with Crippen LogP contribution in [0.2, 0.25) is 0 Å². The maximum absolute atomic E-state index is 11.8. The lowest BCUT2D eigenvalue weighted by Gasteiger charge is -2.02. The van der Waals surface area contributed by atoms with Gasteiger partial charge in [-0.25, -0.2) is 5.10 Å². The smallest absolute Gasteiger partial charge is 0.231 e. The Morgan fingerprint density at radius 1 is 1.40 bits per heavy atom. The van der Waals surface area contributed by atoms with E-state index in [9.17, 15) is 4.79 Å². The number of hydrogen-bond donors (Lipinski definition) is 3. The molecule has 0 fully saturated rings. The van der Waals surface area contributed by atoms with Crippen molar-refractivity contribution in [3.63, 3.8) is 0 Å². The van der Waals surface area contributed by atoms with E-state index in [0.717, 1.165) is 11.1 Å². The standard InChI is InChI=1S/C13H16N4O2S/c1-9-2-4-10(5-3-9)8-11(19)14-12-15-13(17-16-12)20-7-6-18/h2-5,18H,6-8H2,1H3,(H2,14,15,16,17,19). The topological polar surface area (TPSA) is 90.9 Å². The molecule has 0 aliphatic carbocycles. The molecule has 0 aliphatic heterocycles. The molecule has 7 heteroatoms. The second-order valence-electron chi connectivity index (χ2n) is 4.25. The number of anilines is 1. The van der Waals surface area contributed by atoms with Crippen LogP contribution < -0.4 is 5.32 Å². The molecule has 0 aliphatic rings. The number of carbonyl (C=O) groups is 1. The quantitative estimate of drug-likeness (QED) is 0.700. The highest BCUT2D eigenvalue weighted by molar-refractivity contribution is 7.99. The van der Waals surface area contributed by atoms with E-state index in [1.807, 2.05) is 31.2 Å². The van der Waals surface area contributed by atoms with Crippen molar-refractivity contribution in [3.8, 4) is 0 Å². The Kier molecular flexibility index (Phi) is 5.14. The summed E-state index contributed by atoms with van der Waals surface area (Å²) < 4.78 is 0. The molecule has 2 aromatic rings. The predicted octanol–water partition coefficient (Wildman–Crippen LogP) is 1.38. The fourth-order valence-corrected chi connectivity index (χ4v) is 2.11. The van der Waals surface area contributed by atoms with Gasteiger partial charge in [0.15, 0.2) is 0 Å². The van der Waals surface area contributed by atoms with Gasteiger partial charge in [0.05, 0.1) is 13.0 Å². The lowest BCUT2D eigenvalue weighted by Crippen LogP contribution is -2.15. The Morgan fingerprint density at radius 2 is 2.15 bits per heavy atom. The van der Waals surface area contributed by atoms with Crippen molar-refractivity contribution in [1.29, 1.82) is 0 Å². The molecule has 1 amide bonds. The van der Waals surface area contributed by atoms with Gasteiger partial charge in [0.1, 0.15) is 0 Å². The van der Waals surface area contributed by atoms with Crippen molar-refractivity contribution in [2.24, 2.45) is 0 Å². The number of H-pyrrole nitrogens is 1. The SMILES string of the molecule is Cc1ccc(CC(=O)Nc2nc(SCCO)n[nH]2)cc1. The van der Waals surface area contributed by atoms with Gasteiger partial charge in [-0.1, -0.05) is 41.6 Å². The van der Waals surface area contributed by atoms with Gasteiger partial charge in [-0.15, -0.1) is 5.10 Å². The maximum atomic E-state index is 11.8. The van der Waals surface area contributed by atoms with Gasteiger partial charge in [-0.05, 0) is 12.5 Å². The number of hydrogen-bond acceptors (Lipinski definition) is 5. The molecular weight excluding hydrogens is 276 g/mol. The number of aliphatic hydroxyl groups is 1. The average molecular weight is 292 g/mol. The van der Waals surface area contributed by atoms with Crippen molar-refractivity contribution in [3.05, 3.63) is 35.4 Å². The molecule has 1 heterocycles. The van der Waals surface area contributed by atoms with Gasteiger partial charge in [0.25, 0.3) is 0 Å². The lowest BCUT2D eigenvalue weighted by atomic mass is 10.1. The van der Waals surface area contributed by atoms with Gasteiger partial charge in [0.2, 0.25) is 17.0 Å². The third kappa shape index (κ3) is 4.36. The molecule has 1 aromatic carbocycles. The number of benzene rings is 1. The van der Waals surface area contributed by atoms with E-state index in [1.54, 1.807) is 0 Å². The van der Waals surface area contributed by atoms with Gasteiger partial charge >= 0.3 is 0 Å². The summed E-state index contributed by atoms with van der Waals surface area (Å²) in [7, 11) is 0. The number of thioether (sulfide) groups is 1. The zero-order chi connectivity index (χ0) is 14.4. The van der Waals surface area contributed by atoms with Crippen LogP contribution in [-0.4, -0.2) is 38.6 Å². The molecule has 0 spiro atoms. The zero-order valence-corrected chi connectivity index (χ0v) is 11.9. The summed E-state index contributed by atoms with van der Waals surface area (Å²) in [6.45, 7) is 2.07. The highest BCUT2D eigenvalue weighted by Gasteiger charge is 2.08. The Bertz CT molecular complexity index is 568. The van der Waals surface area contributed by atoms with E-state index in [2.05, 4.69) is 20.5 Å². The Balaban J connectivity index is 1.87. The minimum Gasteiger partial charge on any atom is -0.396 e. The molecule has 106 valence electrons. The minimum absolute atomic E-state index is 0.0638. The average Bonchev–Trinajstić information content (AvgIpc) is 2.86. The highest BCUT2D eigenvalue weighted by atomic mass is 32.2. The first-order valence-corrected chi connectivity index (χ1v) is 7.17. The highest BCUT2D eigenvalue weighted by Crippen LogP contribution is 2.13. The number of nitrogens with zero attached hydrogens (tertiary/aromatic N) is 2. The molecule has 1 aromatic heterocycles. The molecule has 6 nitrogen and oxygen atoms in total. The van der Waals surface area contributed by atoms with Crippen LogP contribution >= 0.6 is 11.8 Å². The molecule has 0 saturated carbocycles. The monoisotopic (exact) mass is 292 g/mol. The van der Waals surface area contributed by atoms with E-state index >= 15 is 0 Å². The third-order valence-electron chi connectivity index (χ3n) is 2.53. The fraction of sp³-hybridized carbons (Fsp3) is 0.308. The van der Waals surface area contributed by atoms with Crippen LogP contribution in [0.25, 0.3) is 0 Å². The summed E-state index contributed by atoms with van der Waals surface area (Å²) in [5.74, 6) is 0.695. The number of aromatic nitrogens is 3. The molecule has 0 saturated heterocycles. The van der Waals surface area contributed by atoms with E-state index in [-0.39, 0.29) is 12.5 Å². The summed E-state index contributed by atoms with van der Waals surface area (Å²) >= 11 is 1.32. The number of amides is 1. The van der Waals surface area contributed by atoms with Crippen molar-refractivity contribution in [1.82, 2.24) is 15.2 Å². The molecular formula is C13H16N4O2S. The first kappa shape index (κ1) is 14.5. The zero-order valence-electron chi connectivity index (χ0n) is 11.1. The predicted molar refractivity (Wildman–Crippen MR) is 77.7 cm³/mol. The second kappa shape index (κ2) is 7.06. The molecule has 0 unspecified atom stereocenters. The van der Waals surface area contributed by atoms with Gasteiger partial charge in [-0.2, -0.15) is 4.98 Å². The first-order valence-electron chi connectivity index (χ1n) is 6.19. The number of aliphatic hydroxyl groups excluding tert-OH is 1. The molecule has 0 atom stereocenters. The Hall–Kier alpha value is -1.86. The molecule has 3 N–H and O–H groups in total. The number of aromatic amines is 1. The van der Waals surface area contributed by atoms with Crippen LogP contribution in [0.15, 0.2) is 29.4 Å². The summed E-state index contributed by atoms with van der Waals surface area (Å²) in [6.07, 6.45) is 0.292. The number of rotatable bonds is 6. The number of carbonyl (C=O) groups excluding carboxylic acids is 1. The Morgan fingerprint density at radius 3 is 2.85 bits per heavy atom. The van der Waals surface area contributed by atoms with Crippen molar-refractivity contribution < 1.29 is 9.90 Å². The van der Waals surface area contributed by atoms with Crippen LogP contribution in [0.1, 0.15) is 11.1 Å². The van der Waals surface area contributed by atoms with Gasteiger partial charge < -0.3 is 5.11 Å². The van der Waals surface area contributed by atoms with Crippen molar-refractivity contribution in [2.45, 2.75) is 18.5 Å². The van der Waals surface area contributed by atoms with Gasteiger partial charge in [-0.3, -0.25) is 10.1 Å². The van der Waals surface area contributed by atoms with Crippen LogP contribution in [0.3, 0.4) is 0 Å². The summed E-state index contributed by atoms with van der Waals surface area (Å²) in [6, 6.07) is 7.80. The molecule has 0 bridgehead atoms.